The highest BCUT2D eigenvalue weighted by Gasteiger charge is 2.51. The maximum atomic E-state index is 12.7. The van der Waals surface area contributed by atoms with E-state index >= 15 is 0 Å². The van der Waals surface area contributed by atoms with Crippen molar-refractivity contribution in [3.63, 3.8) is 0 Å². The second-order valence-corrected chi connectivity index (χ2v) is 8.68. The lowest BCUT2D eigenvalue weighted by atomic mass is 9.53. The Hall–Kier alpha value is -2.37. The van der Waals surface area contributed by atoms with Gasteiger partial charge in [-0.25, -0.2) is 4.79 Å². The van der Waals surface area contributed by atoms with Gasteiger partial charge in [0.05, 0.1) is 5.56 Å². The van der Waals surface area contributed by atoms with Crippen LogP contribution in [0.5, 0.6) is 0 Å². The van der Waals surface area contributed by atoms with E-state index in [1.54, 1.807) is 6.92 Å². The molecule has 4 fully saturated rings. The Balaban J connectivity index is 1.36. The molecule has 6 nitrogen and oxygen atoms in total. The van der Waals surface area contributed by atoms with Gasteiger partial charge in [0, 0.05) is 11.1 Å². The zero-order valence-corrected chi connectivity index (χ0v) is 15.6. The summed E-state index contributed by atoms with van der Waals surface area (Å²) in [5.41, 5.74) is 5.70. The molecule has 1 atom stereocenters. The fourth-order valence-electron chi connectivity index (χ4n) is 5.68. The first kappa shape index (κ1) is 18.0. The zero-order valence-electron chi connectivity index (χ0n) is 15.6. The summed E-state index contributed by atoms with van der Waals surface area (Å²) < 4.78 is 5.35. The van der Waals surface area contributed by atoms with E-state index in [1.807, 2.05) is 0 Å². The molecule has 2 amide bonds. The van der Waals surface area contributed by atoms with Crippen LogP contribution in [0.3, 0.4) is 0 Å². The molecule has 0 unspecified atom stereocenters. The van der Waals surface area contributed by atoms with Gasteiger partial charge in [0.15, 0.2) is 6.10 Å². The van der Waals surface area contributed by atoms with Gasteiger partial charge in [-0.15, -0.1) is 0 Å². The standard InChI is InChI=1S/C21H26N2O4/c1-12(27-20(26)17-4-2-16(3-5-17)18(22)24)19(25)23-21-9-13-6-14(10-21)8-15(7-13)11-21/h2-5,12-15H,6-11H2,1H3,(H2,22,24)(H,23,25)/t12-,13?,14?,15?,21?/m1/s1. The number of hydrogen-bond donors (Lipinski definition) is 2. The molecule has 1 aromatic carbocycles. The molecule has 4 bridgehead atoms. The van der Waals surface area contributed by atoms with Crippen LogP contribution in [-0.2, 0) is 9.53 Å². The van der Waals surface area contributed by atoms with E-state index in [-0.39, 0.29) is 17.0 Å². The Morgan fingerprint density at radius 3 is 1.96 bits per heavy atom. The van der Waals surface area contributed by atoms with Crippen molar-refractivity contribution in [3.05, 3.63) is 35.4 Å². The largest absolute Gasteiger partial charge is 0.449 e. The minimum absolute atomic E-state index is 0.102. The van der Waals surface area contributed by atoms with Crippen molar-refractivity contribution >= 4 is 17.8 Å². The zero-order chi connectivity index (χ0) is 19.2. The minimum Gasteiger partial charge on any atom is -0.449 e. The number of carbonyl (C=O) groups excluding carboxylic acids is 3. The lowest BCUT2D eigenvalue weighted by Gasteiger charge is -2.57. The lowest BCUT2D eigenvalue weighted by molar-refractivity contribution is -0.134. The SMILES string of the molecule is C[C@@H](OC(=O)c1ccc(C(N)=O)cc1)C(=O)NC12CC3CC(CC(C3)C1)C2. The number of amides is 2. The fourth-order valence-corrected chi connectivity index (χ4v) is 5.68. The molecule has 5 rings (SSSR count). The number of primary amides is 1. The summed E-state index contributed by atoms with van der Waals surface area (Å²) in [6.45, 7) is 1.60. The van der Waals surface area contributed by atoms with Gasteiger partial charge < -0.3 is 15.8 Å². The topological polar surface area (TPSA) is 98.5 Å². The summed E-state index contributed by atoms with van der Waals surface area (Å²) in [5.74, 6) is 0.839. The van der Waals surface area contributed by atoms with Crippen LogP contribution in [0.2, 0.25) is 0 Å². The third kappa shape index (κ3) is 3.57. The van der Waals surface area contributed by atoms with Crippen LogP contribution in [0, 0.1) is 17.8 Å². The number of carbonyl (C=O) groups is 3. The average Bonchev–Trinajstić information content (AvgIpc) is 2.60. The van der Waals surface area contributed by atoms with Crippen LogP contribution < -0.4 is 11.1 Å². The van der Waals surface area contributed by atoms with Crippen LogP contribution in [-0.4, -0.2) is 29.4 Å². The molecule has 144 valence electrons. The number of hydrogen-bond acceptors (Lipinski definition) is 4. The number of benzene rings is 1. The van der Waals surface area contributed by atoms with E-state index in [0.29, 0.717) is 5.56 Å². The number of ether oxygens (including phenoxy) is 1. The van der Waals surface area contributed by atoms with Crippen LogP contribution in [0.15, 0.2) is 24.3 Å². The monoisotopic (exact) mass is 370 g/mol. The highest BCUT2D eigenvalue weighted by Crippen LogP contribution is 2.55. The summed E-state index contributed by atoms with van der Waals surface area (Å²) in [6.07, 6.45) is 6.23. The Morgan fingerprint density at radius 1 is 1.00 bits per heavy atom. The summed E-state index contributed by atoms with van der Waals surface area (Å²) in [4.78, 5) is 36.1. The average molecular weight is 370 g/mol. The van der Waals surface area contributed by atoms with Crippen molar-refractivity contribution < 1.29 is 19.1 Å². The van der Waals surface area contributed by atoms with E-state index in [1.165, 1.54) is 43.5 Å². The van der Waals surface area contributed by atoms with Crippen molar-refractivity contribution in [1.29, 1.82) is 0 Å². The normalized spacial score (nSPS) is 32.0. The summed E-state index contributed by atoms with van der Waals surface area (Å²) in [5, 5.41) is 3.23. The van der Waals surface area contributed by atoms with E-state index in [0.717, 1.165) is 37.0 Å². The first-order chi connectivity index (χ1) is 12.8. The molecule has 4 aliphatic rings. The quantitative estimate of drug-likeness (QED) is 0.778. The summed E-state index contributed by atoms with van der Waals surface area (Å²) in [7, 11) is 0. The third-order valence-corrected chi connectivity index (χ3v) is 6.48. The Morgan fingerprint density at radius 2 is 1.48 bits per heavy atom. The number of esters is 1. The Kier molecular flexibility index (Phi) is 4.44. The van der Waals surface area contributed by atoms with E-state index in [9.17, 15) is 14.4 Å². The van der Waals surface area contributed by atoms with Crippen molar-refractivity contribution in [1.82, 2.24) is 5.32 Å². The van der Waals surface area contributed by atoms with E-state index in [4.69, 9.17) is 10.5 Å². The second-order valence-electron chi connectivity index (χ2n) is 8.68. The predicted molar refractivity (Wildman–Crippen MR) is 98.9 cm³/mol. The van der Waals surface area contributed by atoms with E-state index in [2.05, 4.69) is 5.32 Å². The first-order valence-corrected chi connectivity index (χ1v) is 9.76. The van der Waals surface area contributed by atoms with Crippen LogP contribution in [0.1, 0.15) is 66.2 Å². The van der Waals surface area contributed by atoms with Gasteiger partial charge in [-0.2, -0.15) is 0 Å². The van der Waals surface area contributed by atoms with Gasteiger partial charge in [-0.1, -0.05) is 0 Å². The van der Waals surface area contributed by atoms with Gasteiger partial charge >= 0.3 is 5.97 Å². The molecule has 4 saturated carbocycles. The van der Waals surface area contributed by atoms with Crippen molar-refractivity contribution in [2.24, 2.45) is 23.5 Å². The molecular weight excluding hydrogens is 344 g/mol. The first-order valence-electron chi connectivity index (χ1n) is 9.76. The molecule has 0 heterocycles. The van der Waals surface area contributed by atoms with Gasteiger partial charge in [0.2, 0.25) is 5.91 Å². The molecule has 1 aromatic rings. The van der Waals surface area contributed by atoms with Crippen LogP contribution >= 0.6 is 0 Å². The highest BCUT2D eigenvalue weighted by atomic mass is 16.5. The minimum atomic E-state index is -0.860. The summed E-state index contributed by atoms with van der Waals surface area (Å²) >= 11 is 0. The smallest absolute Gasteiger partial charge is 0.338 e. The molecule has 0 aromatic heterocycles. The van der Waals surface area contributed by atoms with Gasteiger partial charge in [0.1, 0.15) is 0 Å². The Bertz CT molecular complexity index is 736. The van der Waals surface area contributed by atoms with Crippen LogP contribution in [0.25, 0.3) is 0 Å². The predicted octanol–water partition coefficient (Wildman–Crippen LogP) is 2.42. The molecule has 0 aliphatic heterocycles. The molecular formula is C21H26N2O4. The van der Waals surface area contributed by atoms with Crippen molar-refractivity contribution in [3.8, 4) is 0 Å². The Labute approximate surface area is 158 Å². The van der Waals surface area contributed by atoms with E-state index < -0.39 is 18.0 Å². The molecule has 4 aliphatic carbocycles. The summed E-state index contributed by atoms with van der Waals surface area (Å²) in [6, 6.07) is 5.90. The molecule has 0 spiro atoms. The molecule has 27 heavy (non-hydrogen) atoms. The van der Waals surface area contributed by atoms with Crippen molar-refractivity contribution in [2.75, 3.05) is 0 Å². The number of nitrogens with one attached hydrogen (secondary N) is 1. The molecule has 0 saturated heterocycles. The fraction of sp³-hybridized carbons (Fsp3) is 0.571. The highest BCUT2D eigenvalue weighted by molar-refractivity contribution is 5.96. The number of nitrogens with two attached hydrogens (primary N) is 1. The third-order valence-electron chi connectivity index (χ3n) is 6.48. The maximum Gasteiger partial charge on any atom is 0.338 e. The van der Waals surface area contributed by atoms with Crippen LogP contribution in [0.4, 0.5) is 0 Å². The van der Waals surface area contributed by atoms with Crippen molar-refractivity contribution in [2.45, 2.75) is 57.1 Å². The molecule has 0 radical (unpaired) electrons. The van der Waals surface area contributed by atoms with Gasteiger partial charge in [-0.05, 0) is 87.5 Å². The number of rotatable bonds is 5. The van der Waals surface area contributed by atoms with Gasteiger partial charge in [-0.3, -0.25) is 9.59 Å². The lowest BCUT2D eigenvalue weighted by Crippen LogP contribution is -2.61. The second kappa shape index (κ2) is 6.66. The van der Waals surface area contributed by atoms with Gasteiger partial charge in [0.25, 0.3) is 5.91 Å². The maximum absolute atomic E-state index is 12.7. The molecule has 3 N–H and O–H groups in total. The molecule has 6 heteroatoms.